The van der Waals surface area contributed by atoms with Crippen LogP contribution < -0.4 is 0 Å². The number of aromatic nitrogens is 4. The summed E-state index contributed by atoms with van der Waals surface area (Å²) >= 11 is 9.58. The van der Waals surface area contributed by atoms with Gasteiger partial charge in [0, 0.05) is 49.4 Å². The zero-order valence-corrected chi connectivity index (χ0v) is 26.2. The molecule has 0 aliphatic carbocycles. The molecule has 5 aromatic rings. The van der Waals surface area contributed by atoms with Gasteiger partial charge >= 0.3 is 0 Å². The lowest BCUT2D eigenvalue weighted by atomic mass is 10.2. The molecule has 0 radical (unpaired) electrons. The quantitative estimate of drug-likeness (QED) is 0.162. The summed E-state index contributed by atoms with van der Waals surface area (Å²) < 4.78 is 2.03. The van der Waals surface area contributed by atoms with E-state index in [1.807, 2.05) is 57.3 Å². The zero-order chi connectivity index (χ0) is 29.6. The number of hydrogen-bond acceptors (Lipinski definition) is 7. The van der Waals surface area contributed by atoms with Crippen LogP contribution in [0.5, 0.6) is 0 Å². The first kappa shape index (κ1) is 29.3. The number of piperazine rings is 1. The molecule has 1 aliphatic rings. The lowest BCUT2D eigenvalue weighted by Gasteiger charge is -2.33. The number of amides is 1. The maximum Gasteiger partial charge on any atom is 0.273 e. The average molecular weight is 627 g/mol. The van der Waals surface area contributed by atoms with Gasteiger partial charge in [-0.05, 0) is 36.8 Å². The molecule has 0 bridgehead atoms. The summed E-state index contributed by atoms with van der Waals surface area (Å²) in [7, 11) is 0. The molecule has 2 aromatic heterocycles. The fourth-order valence-electron chi connectivity index (χ4n) is 4.91. The zero-order valence-electron chi connectivity index (χ0n) is 23.8. The molecular formula is C33H31ClN6OS2. The summed E-state index contributed by atoms with van der Waals surface area (Å²) in [5.74, 6) is 1.25. The van der Waals surface area contributed by atoms with E-state index in [1.165, 1.54) is 22.5 Å². The standard InChI is InChI=1S/C33H31ClN6OS2/c1-24-13-15-26(16-14-24)40-31(27-11-5-6-12-28(27)34)36-37-33(40)43-23-30-35-29(22-42-30)32(41)39-20-18-38(19-21-39)17-7-10-25-8-3-2-4-9-25/h2-16,22H,17-21,23H2,1H3/b10-7+. The van der Waals surface area contributed by atoms with E-state index in [2.05, 4.69) is 70.6 Å². The number of rotatable bonds is 9. The molecule has 0 unspecified atom stereocenters. The van der Waals surface area contributed by atoms with Crippen LogP contribution in [0.2, 0.25) is 5.02 Å². The van der Waals surface area contributed by atoms with Gasteiger partial charge in [0.1, 0.15) is 10.7 Å². The predicted octanol–water partition coefficient (Wildman–Crippen LogP) is 7.12. The lowest BCUT2D eigenvalue weighted by Crippen LogP contribution is -2.48. The average Bonchev–Trinajstić information content (AvgIpc) is 3.69. The molecule has 0 saturated carbocycles. The Hall–Kier alpha value is -3.76. The third-order valence-electron chi connectivity index (χ3n) is 7.27. The maximum atomic E-state index is 13.2. The number of carbonyl (C=O) groups is 1. The van der Waals surface area contributed by atoms with Gasteiger partial charge in [-0.2, -0.15) is 0 Å². The Morgan fingerprint density at radius 3 is 2.47 bits per heavy atom. The predicted molar refractivity (Wildman–Crippen MR) is 176 cm³/mol. The van der Waals surface area contributed by atoms with E-state index < -0.39 is 0 Å². The molecule has 0 spiro atoms. The van der Waals surface area contributed by atoms with E-state index >= 15 is 0 Å². The van der Waals surface area contributed by atoms with Crippen LogP contribution in [0, 0.1) is 6.92 Å². The minimum atomic E-state index is -0.00388. The van der Waals surface area contributed by atoms with Crippen LogP contribution in [0.1, 0.15) is 26.6 Å². The summed E-state index contributed by atoms with van der Waals surface area (Å²) in [6, 6.07) is 26.2. The topological polar surface area (TPSA) is 67.2 Å². The Bertz CT molecular complexity index is 1710. The molecule has 0 atom stereocenters. The number of halogens is 1. The van der Waals surface area contributed by atoms with E-state index in [9.17, 15) is 4.79 Å². The van der Waals surface area contributed by atoms with Gasteiger partial charge in [0.05, 0.1) is 10.8 Å². The second-order valence-corrected chi connectivity index (χ2v) is 12.6. The van der Waals surface area contributed by atoms with Gasteiger partial charge in [0.2, 0.25) is 0 Å². The molecule has 3 heterocycles. The molecule has 43 heavy (non-hydrogen) atoms. The molecule has 1 fully saturated rings. The maximum absolute atomic E-state index is 13.2. The monoisotopic (exact) mass is 626 g/mol. The highest BCUT2D eigenvalue weighted by Crippen LogP contribution is 2.33. The van der Waals surface area contributed by atoms with E-state index in [1.54, 1.807) is 11.8 Å². The van der Waals surface area contributed by atoms with Crippen molar-refractivity contribution >= 4 is 46.7 Å². The number of hydrogen-bond donors (Lipinski definition) is 0. The highest BCUT2D eigenvalue weighted by atomic mass is 35.5. The third-order valence-corrected chi connectivity index (χ3v) is 9.57. The molecule has 6 rings (SSSR count). The van der Waals surface area contributed by atoms with Crippen LogP contribution in [0.15, 0.2) is 95.5 Å². The SMILES string of the molecule is Cc1ccc(-n2c(SCc3nc(C(=O)N4CCN(C/C=C/c5ccccc5)CC4)cs3)nnc2-c2ccccc2Cl)cc1. The van der Waals surface area contributed by atoms with Crippen molar-refractivity contribution in [2.45, 2.75) is 17.8 Å². The second-order valence-electron chi connectivity index (χ2n) is 10.3. The van der Waals surface area contributed by atoms with Gasteiger partial charge in [-0.25, -0.2) is 4.98 Å². The van der Waals surface area contributed by atoms with Crippen molar-refractivity contribution in [2.24, 2.45) is 0 Å². The van der Waals surface area contributed by atoms with Crippen LogP contribution in [0.4, 0.5) is 0 Å². The summed E-state index contributed by atoms with van der Waals surface area (Å²) in [6.45, 7) is 6.03. The highest BCUT2D eigenvalue weighted by molar-refractivity contribution is 7.98. The number of benzene rings is 3. The summed E-state index contributed by atoms with van der Waals surface area (Å²) in [5.41, 5.74) is 4.66. The fourth-order valence-corrected chi connectivity index (χ4v) is 6.86. The summed E-state index contributed by atoms with van der Waals surface area (Å²) in [4.78, 5) is 22.2. The molecule has 218 valence electrons. The van der Waals surface area contributed by atoms with Gasteiger partial charge < -0.3 is 4.90 Å². The molecule has 1 amide bonds. The van der Waals surface area contributed by atoms with Crippen LogP contribution >= 0.6 is 34.7 Å². The van der Waals surface area contributed by atoms with Crippen molar-refractivity contribution in [1.29, 1.82) is 0 Å². The van der Waals surface area contributed by atoms with E-state index in [-0.39, 0.29) is 5.91 Å². The Morgan fingerprint density at radius 1 is 0.953 bits per heavy atom. The van der Waals surface area contributed by atoms with Crippen LogP contribution in [0.3, 0.4) is 0 Å². The molecule has 0 N–H and O–H groups in total. The van der Waals surface area contributed by atoms with Gasteiger partial charge in [-0.15, -0.1) is 21.5 Å². The minimum absolute atomic E-state index is 0.00388. The van der Waals surface area contributed by atoms with Crippen LogP contribution in [-0.4, -0.2) is 68.2 Å². The van der Waals surface area contributed by atoms with E-state index in [0.29, 0.717) is 35.4 Å². The smallest absolute Gasteiger partial charge is 0.273 e. The Kier molecular flexibility index (Phi) is 9.33. The normalized spacial score (nSPS) is 14.0. The molecule has 1 aliphatic heterocycles. The van der Waals surface area contributed by atoms with Crippen molar-refractivity contribution in [3.63, 3.8) is 0 Å². The molecule has 1 saturated heterocycles. The molecule has 3 aromatic carbocycles. The van der Waals surface area contributed by atoms with E-state index in [0.717, 1.165) is 41.0 Å². The number of thioether (sulfide) groups is 1. The van der Waals surface area contributed by atoms with Crippen molar-refractivity contribution in [2.75, 3.05) is 32.7 Å². The number of carbonyl (C=O) groups excluding carboxylic acids is 1. The third kappa shape index (κ3) is 7.08. The summed E-state index contributed by atoms with van der Waals surface area (Å²) in [5, 5.41) is 13.1. The number of thiazole rings is 1. The number of nitrogens with zero attached hydrogens (tertiary/aromatic N) is 6. The van der Waals surface area contributed by atoms with Gasteiger partial charge in [-0.1, -0.05) is 95.7 Å². The minimum Gasteiger partial charge on any atom is -0.335 e. The second kappa shape index (κ2) is 13.7. The Morgan fingerprint density at radius 2 is 1.70 bits per heavy atom. The summed E-state index contributed by atoms with van der Waals surface area (Å²) in [6.07, 6.45) is 4.33. The first-order valence-corrected chi connectivity index (χ1v) is 16.4. The van der Waals surface area contributed by atoms with Crippen molar-refractivity contribution in [3.8, 4) is 17.1 Å². The van der Waals surface area contributed by atoms with Gasteiger partial charge in [0.15, 0.2) is 11.0 Å². The Balaban J connectivity index is 1.09. The molecular weight excluding hydrogens is 596 g/mol. The van der Waals surface area contributed by atoms with Crippen molar-refractivity contribution in [1.82, 2.24) is 29.5 Å². The first-order chi connectivity index (χ1) is 21.0. The number of aryl methyl sites for hydroxylation is 1. The van der Waals surface area contributed by atoms with Crippen molar-refractivity contribution < 1.29 is 4.79 Å². The van der Waals surface area contributed by atoms with Crippen molar-refractivity contribution in [3.05, 3.63) is 117 Å². The molecule has 7 nitrogen and oxygen atoms in total. The molecule has 10 heteroatoms. The fraction of sp³-hybridized carbons (Fsp3) is 0.212. The Labute approximate surface area is 264 Å². The highest BCUT2D eigenvalue weighted by Gasteiger charge is 2.24. The largest absolute Gasteiger partial charge is 0.335 e. The first-order valence-electron chi connectivity index (χ1n) is 14.1. The lowest BCUT2D eigenvalue weighted by molar-refractivity contribution is 0.0645. The van der Waals surface area contributed by atoms with Gasteiger partial charge in [-0.3, -0.25) is 14.3 Å². The van der Waals surface area contributed by atoms with E-state index in [4.69, 9.17) is 16.6 Å². The van der Waals surface area contributed by atoms with Gasteiger partial charge in [0.25, 0.3) is 5.91 Å². The van der Waals surface area contributed by atoms with Crippen LogP contribution in [0.25, 0.3) is 23.2 Å². The van der Waals surface area contributed by atoms with Crippen LogP contribution in [-0.2, 0) is 5.75 Å².